The first kappa shape index (κ1) is 21.3. The minimum absolute atomic E-state index is 0.00124. The summed E-state index contributed by atoms with van der Waals surface area (Å²) in [6.07, 6.45) is 1.87. The molecule has 2 N–H and O–H groups in total. The largest absolute Gasteiger partial charge is 0.486 e. The van der Waals surface area contributed by atoms with Crippen LogP contribution in [0, 0.1) is 0 Å². The second-order valence-corrected chi connectivity index (χ2v) is 11.5. The molecule has 4 heterocycles. The molecular formula is C19H29N5O5S. The minimum atomic E-state index is -3.56. The maximum absolute atomic E-state index is 13.2. The SMILES string of the molecule is CC1COC[C@@H]2COc3c(nc(C(=O)N4CCC(N)C4)nc3C(C)(C)S(C)(=O)=O)N12. The van der Waals surface area contributed by atoms with Gasteiger partial charge >= 0.3 is 0 Å². The number of aromatic nitrogens is 2. The third-order valence-electron chi connectivity index (χ3n) is 6.25. The molecule has 166 valence electrons. The van der Waals surface area contributed by atoms with Crippen molar-refractivity contribution in [3.05, 3.63) is 11.5 Å². The topological polar surface area (TPSA) is 128 Å². The monoisotopic (exact) mass is 439 g/mol. The van der Waals surface area contributed by atoms with Gasteiger partial charge < -0.3 is 25.0 Å². The Bertz CT molecular complexity index is 966. The van der Waals surface area contributed by atoms with E-state index in [0.717, 1.165) is 6.26 Å². The average Bonchev–Trinajstić information content (AvgIpc) is 3.11. The number of hydrogen-bond acceptors (Lipinski definition) is 9. The van der Waals surface area contributed by atoms with E-state index in [1.165, 1.54) is 0 Å². The van der Waals surface area contributed by atoms with Gasteiger partial charge in [0.15, 0.2) is 21.4 Å². The number of nitrogens with two attached hydrogens (primary N) is 1. The zero-order valence-electron chi connectivity index (χ0n) is 17.8. The number of anilines is 1. The summed E-state index contributed by atoms with van der Waals surface area (Å²) < 4.78 is 35.5. The first-order valence-corrected chi connectivity index (χ1v) is 12.1. The quantitative estimate of drug-likeness (QED) is 0.687. The second-order valence-electron chi connectivity index (χ2n) is 8.89. The van der Waals surface area contributed by atoms with Crippen LogP contribution >= 0.6 is 0 Å². The van der Waals surface area contributed by atoms with Gasteiger partial charge in [-0.25, -0.2) is 18.4 Å². The maximum atomic E-state index is 13.2. The lowest BCUT2D eigenvalue weighted by Gasteiger charge is -2.45. The van der Waals surface area contributed by atoms with Gasteiger partial charge in [-0.15, -0.1) is 0 Å². The second kappa shape index (κ2) is 7.31. The molecule has 3 atom stereocenters. The molecule has 11 heteroatoms. The Morgan fingerprint density at radius 3 is 2.60 bits per heavy atom. The first-order valence-electron chi connectivity index (χ1n) is 10.2. The van der Waals surface area contributed by atoms with Crippen molar-refractivity contribution in [1.29, 1.82) is 0 Å². The smallest absolute Gasteiger partial charge is 0.291 e. The normalized spacial score (nSPS) is 26.8. The van der Waals surface area contributed by atoms with Crippen LogP contribution in [0.2, 0.25) is 0 Å². The van der Waals surface area contributed by atoms with E-state index < -0.39 is 14.6 Å². The highest BCUT2D eigenvalue weighted by Crippen LogP contribution is 2.43. The van der Waals surface area contributed by atoms with Gasteiger partial charge in [-0.05, 0) is 27.2 Å². The van der Waals surface area contributed by atoms with Crippen LogP contribution in [0.1, 0.15) is 43.5 Å². The lowest BCUT2D eigenvalue weighted by atomic mass is 10.0. The third kappa shape index (κ3) is 3.42. The predicted molar refractivity (Wildman–Crippen MR) is 110 cm³/mol. The van der Waals surface area contributed by atoms with Crippen molar-refractivity contribution in [2.24, 2.45) is 5.73 Å². The summed E-state index contributed by atoms with van der Waals surface area (Å²) in [4.78, 5) is 25.9. The van der Waals surface area contributed by atoms with E-state index in [1.807, 2.05) is 6.92 Å². The van der Waals surface area contributed by atoms with Gasteiger partial charge in [0.1, 0.15) is 17.0 Å². The number of rotatable bonds is 3. The average molecular weight is 440 g/mol. The van der Waals surface area contributed by atoms with Gasteiger partial charge in [0, 0.05) is 25.4 Å². The summed E-state index contributed by atoms with van der Waals surface area (Å²) in [6.45, 7) is 7.42. The molecule has 0 aliphatic carbocycles. The van der Waals surface area contributed by atoms with Gasteiger partial charge in [0.25, 0.3) is 5.91 Å². The zero-order chi connectivity index (χ0) is 21.8. The fourth-order valence-corrected chi connectivity index (χ4v) is 4.61. The lowest BCUT2D eigenvalue weighted by molar-refractivity contribution is 0.0480. The van der Waals surface area contributed by atoms with E-state index in [1.54, 1.807) is 18.7 Å². The summed E-state index contributed by atoms with van der Waals surface area (Å²) in [5.74, 6) is 0.401. The van der Waals surface area contributed by atoms with E-state index >= 15 is 0 Å². The number of nitrogens with zero attached hydrogens (tertiary/aromatic N) is 4. The van der Waals surface area contributed by atoms with Crippen LogP contribution in [0.15, 0.2) is 0 Å². The van der Waals surface area contributed by atoms with Crippen molar-refractivity contribution in [3.63, 3.8) is 0 Å². The molecule has 1 aromatic rings. The number of carbonyl (C=O) groups is 1. The van der Waals surface area contributed by atoms with Crippen molar-refractivity contribution in [2.75, 3.05) is 44.1 Å². The number of amides is 1. The molecule has 3 aliphatic rings. The van der Waals surface area contributed by atoms with Gasteiger partial charge in [0.05, 0.1) is 25.3 Å². The Hall–Kier alpha value is -1.98. The van der Waals surface area contributed by atoms with Crippen molar-refractivity contribution in [2.45, 2.75) is 50.1 Å². The van der Waals surface area contributed by atoms with E-state index in [0.29, 0.717) is 50.9 Å². The molecule has 1 aromatic heterocycles. The molecule has 0 saturated carbocycles. The Kier molecular flexibility index (Phi) is 5.18. The van der Waals surface area contributed by atoms with Gasteiger partial charge in [-0.1, -0.05) is 0 Å². The molecule has 0 bridgehead atoms. The standard InChI is InChI=1S/C19H29N5O5S/c1-11-8-28-9-13-10-29-14-15(19(2,3)30(4,26)27)21-16(22-17(14)24(11)13)18(25)23-6-5-12(20)7-23/h11-13H,5-10,20H2,1-4H3/t11?,12?,13-/m1/s1. The molecule has 2 fully saturated rings. The highest BCUT2D eigenvalue weighted by Gasteiger charge is 2.44. The number of fused-ring (bicyclic) bond motifs is 3. The van der Waals surface area contributed by atoms with Crippen LogP contribution in [0.4, 0.5) is 5.82 Å². The molecule has 1 amide bonds. The number of hydrogen-bond donors (Lipinski definition) is 1. The highest BCUT2D eigenvalue weighted by atomic mass is 32.2. The fraction of sp³-hybridized carbons (Fsp3) is 0.737. The van der Waals surface area contributed by atoms with Crippen LogP contribution in [0.25, 0.3) is 0 Å². The number of likely N-dealkylation sites (tertiary alicyclic amines) is 1. The molecular weight excluding hydrogens is 410 g/mol. The lowest BCUT2D eigenvalue weighted by Crippen LogP contribution is -2.56. The van der Waals surface area contributed by atoms with Crippen molar-refractivity contribution < 1.29 is 22.7 Å². The van der Waals surface area contributed by atoms with Crippen molar-refractivity contribution in [1.82, 2.24) is 14.9 Å². The Morgan fingerprint density at radius 1 is 1.23 bits per heavy atom. The van der Waals surface area contributed by atoms with Crippen LogP contribution in [0.3, 0.4) is 0 Å². The Morgan fingerprint density at radius 2 is 1.97 bits per heavy atom. The van der Waals surface area contributed by atoms with Crippen molar-refractivity contribution >= 4 is 21.6 Å². The van der Waals surface area contributed by atoms with E-state index in [4.69, 9.17) is 15.2 Å². The van der Waals surface area contributed by atoms with Crippen LogP contribution in [-0.2, 0) is 19.3 Å². The maximum Gasteiger partial charge on any atom is 0.291 e. The Balaban J connectivity index is 1.88. The van der Waals surface area contributed by atoms with Crippen LogP contribution in [0.5, 0.6) is 5.75 Å². The number of carbonyl (C=O) groups excluding carboxylic acids is 1. The molecule has 2 unspecified atom stereocenters. The number of ether oxygens (including phenoxy) is 2. The fourth-order valence-electron chi connectivity index (χ4n) is 4.12. The molecule has 0 radical (unpaired) electrons. The molecule has 30 heavy (non-hydrogen) atoms. The minimum Gasteiger partial charge on any atom is -0.486 e. The molecule has 4 rings (SSSR count). The summed E-state index contributed by atoms with van der Waals surface area (Å²) in [5, 5.41) is 0. The van der Waals surface area contributed by atoms with E-state index in [2.05, 4.69) is 14.9 Å². The van der Waals surface area contributed by atoms with Gasteiger partial charge in [0.2, 0.25) is 5.82 Å². The summed E-state index contributed by atoms with van der Waals surface area (Å²) in [6, 6.07) is -0.141. The number of sulfone groups is 1. The van der Waals surface area contributed by atoms with E-state index in [-0.39, 0.29) is 35.6 Å². The summed E-state index contributed by atoms with van der Waals surface area (Å²) in [5.41, 5.74) is 6.16. The van der Waals surface area contributed by atoms with Crippen LogP contribution < -0.4 is 15.4 Å². The highest BCUT2D eigenvalue weighted by molar-refractivity contribution is 7.91. The molecule has 3 aliphatic heterocycles. The molecule has 2 saturated heterocycles. The van der Waals surface area contributed by atoms with Crippen molar-refractivity contribution in [3.8, 4) is 5.75 Å². The zero-order valence-corrected chi connectivity index (χ0v) is 18.6. The number of morpholine rings is 1. The first-order chi connectivity index (χ1) is 14.0. The summed E-state index contributed by atoms with van der Waals surface area (Å²) in [7, 11) is -3.56. The van der Waals surface area contributed by atoms with Crippen LogP contribution in [-0.4, -0.2) is 86.5 Å². The molecule has 0 aromatic carbocycles. The van der Waals surface area contributed by atoms with Gasteiger partial charge in [-0.3, -0.25) is 4.79 Å². The summed E-state index contributed by atoms with van der Waals surface area (Å²) >= 11 is 0. The Labute approximate surface area is 176 Å². The third-order valence-corrected chi connectivity index (χ3v) is 8.30. The van der Waals surface area contributed by atoms with Gasteiger partial charge in [-0.2, -0.15) is 0 Å². The van der Waals surface area contributed by atoms with E-state index in [9.17, 15) is 13.2 Å². The predicted octanol–water partition coefficient (Wildman–Crippen LogP) is -0.0844. The molecule has 10 nitrogen and oxygen atoms in total. The molecule has 0 spiro atoms.